The van der Waals surface area contributed by atoms with Crippen LogP contribution in [-0.4, -0.2) is 55.4 Å². The van der Waals surface area contributed by atoms with E-state index in [1.54, 1.807) is 0 Å². The van der Waals surface area contributed by atoms with Crippen molar-refractivity contribution in [2.75, 3.05) is 44.2 Å². The molecule has 1 atom stereocenters. The second-order valence-corrected chi connectivity index (χ2v) is 9.39. The minimum atomic E-state index is -0.503. The van der Waals surface area contributed by atoms with Crippen molar-refractivity contribution in [2.24, 2.45) is 0 Å². The van der Waals surface area contributed by atoms with Gasteiger partial charge in [0.2, 0.25) is 0 Å². The summed E-state index contributed by atoms with van der Waals surface area (Å²) < 4.78 is 5.79. The highest BCUT2D eigenvalue weighted by molar-refractivity contribution is 6.30. The van der Waals surface area contributed by atoms with Crippen molar-refractivity contribution < 1.29 is 9.84 Å². The van der Waals surface area contributed by atoms with Crippen LogP contribution in [0.1, 0.15) is 31.9 Å². The quantitative estimate of drug-likeness (QED) is 0.751. The molecule has 1 unspecified atom stereocenters. The number of aliphatic hydroxyl groups excluding tert-OH is 1. The van der Waals surface area contributed by atoms with Gasteiger partial charge in [-0.25, -0.2) is 0 Å². The number of hydrogen-bond donors (Lipinski definition) is 1. The fraction of sp³-hybridized carbons (Fsp3) is 0.500. The van der Waals surface area contributed by atoms with E-state index in [0.29, 0.717) is 13.2 Å². The van der Waals surface area contributed by atoms with Crippen molar-refractivity contribution >= 4 is 17.3 Å². The minimum Gasteiger partial charge on any atom is -0.491 e. The lowest BCUT2D eigenvalue weighted by Crippen LogP contribution is -2.49. The van der Waals surface area contributed by atoms with Crippen LogP contribution in [0.5, 0.6) is 5.75 Å². The minimum absolute atomic E-state index is 0.129. The van der Waals surface area contributed by atoms with Gasteiger partial charge in [-0.2, -0.15) is 0 Å². The fourth-order valence-corrected chi connectivity index (χ4v) is 3.86. The van der Waals surface area contributed by atoms with E-state index in [0.717, 1.165) is 37.0 Å². The largest absolute Gasteiger partial charge is 0.491 e. The Morgan fingerprint density at radius 1 is 1.03 bits per heavy atom. The molecule has 158 valence electrons. The number of benzene rings is 2. The average molecular weight is 417 g/mol. The number of piperazine rings is 1. The summed E-state index contributed by atoms with van der Waals surface area (Å²) in [7, 11) is 0. The Hall–Kier alpha value is -1.75. The molecule has 0 saturated carbocycles. The highest BCUT2D eigenvalue weighted by atomic mass is 35.5. The van der Waals surface area contributed by atoms with Gasteiger partial charge in [0, 0.05) is 43.4 Å². The first kappa shape index (κ1) is 21.9. The van der Waals surface area contributed by atoms with E-state index in [2.05, 4.69) is 55.7 Å². The van der Waals surface area contributed by atoms with Gasteiger partial charge < -0.3 is 14.7 Å². The number of halogens is 1. The lowest BCUT2D eigenvalue weighted by Gasteiger charge is -2.37. The molecule has 0 bridgehead atoms. The van der Waals surface area contributed by atoms with E-state index in [1.807, 2.05) is 24.3 Å². The van der Waals surface area contributed by atoms with Crippen LogP contribution in [0.4, 0.5) is 5.69 Å². The summed E-state index contributed by atoms with van der Waals surface area (Å²) in [6.45, 7) is 13.3. The SMILES string of the molecule is Cc1ccc(Cl)cc1N1CCN(CC(O)COc2ccc(C(C)(C)C)cc2)CC1. The third-order valence-corrected chi connectivity index (χ3v) is 5.75. The van der Waals surface area contributed by atoms with Gasteiger partial charge >= 0.3 is 0 Å². The van der Waals surface area contributed by atoms with Crippen LogP contribution in [0.15, 0.2) is 42.5 Å². The third-order valence-electron chi connectivity index (χ3n) is 5.52. The number of nitrogens with zero attached hydrogens (tertiary/aromatic N) is 2. The first-order valence-corrected chi connectivity index (χ1v) is 10.7. The van der Waals surface area contributed by atoms with E-state index in [9.17, 15) is 5.11 Å². The summed E-state index contributed by atoms with van der Waals surface area (Å²) in [4.78, 5) is 4.67. The van der Waals surface area contributed by atoms with Crippen molar-refractivity contribution in [1.82, 2.24) is 4.90 Å². The molecule has 1 aliphatic rings. The highest BCUT2D eigenvalue weighted by Gasteiger charge is 2.21. The molecule has 0 spiro atoms. The molecule has 2 aromatic rings. The monoisotopic (exact) mass is 416 g/mol. The summed E-state index contributed by atoms with van der Waals surface area (Å²) in [6.07, 6.45) is -0.503. The molecule has 1 N–H and O–H groups in total. The number of β-amino-alcohol motifs (C(OH)–C–C–N with tert-alkyl or cyclic N) is 1. The molecule has 1 heterocycles. The molecule has 2 aromatic carbocycles. The molecule has 29 heavy (non-hydrogen) atoms. The molecule has 5 heteroatoms. The standard InChI is InChI=1S/C24H33ClN2O2/c1-18-5-8-20(25)15-23(18)27-13-11-26(12-14-27)16-21(28)17-29-22-9-6-19(7-10-22)24(2,3)4/h5-10,15,21,28H,11-14,16-17H2,1-4H3. The third kappa shape index (κ3) is 6.11. The van der Waals surface area contributed by atoms with Crippen LogP contribution in [0.2, 0.25) is 5.02 Å². The van der Waals surface area contributed by atoms with Crippen molar-refractivity contribution in [1.29, 1.82) is 0 Å². The number of aliphatic hydroxyl groups is 1. The van der Waals surface area contributed by atoms with Crippen LogP contribution in [0, 0.1) is 6.92 Å². The second-order valence-electron chi connectivity index (χ2n) is 8.96. The zero-order valence-corrected chi connectivity index (χ0v) is 18.7. The van der Waals surface area contributed by atoms with Crippen LogP contribution >= 0.6 is 11.6 Å². The van der Waals surface area contributed by atoms with E-state index in [1.165, 1.54) is 16.8 Å². The molecule has 1 fully saturated rings. The van der Waals surface area contributed by atoms with E-state index in [4.69, 9.17) is 16.3 Å². The van der Waals surface area contributed by atoms with Gasteiger partial charge in [-0.05, 0) is 47.7 Å². The van der Waals surface area contributed by atoms with Crippen molar-refractivity contribution in [3.63, 3.8) is 0 Å². The van der Waals surface area contributed by atoms with Crippen molar-refractivity contribution in [3.8, 4) is 5.75 Å². The summed E-state index contributed by atoms with van der Waals surface area (Å²) >= 11 is 6.17. The van der Waals surface area contributed by atoms with Gasteiger partial charge in [-0.3, -0.25) is 4.90 Å². The Morgan fingerprint density at radius 3 is 2.31 bits per heavy atom. The molecule has 0 radical (unpaired) electrons. The number of aryl methyl sites for hydroxylation is 1. The van der Waals surface area contributed by atoms with Gasteiger partial charge in [0.25, 0.3) is 0 Å². The predicted octanol–water partition coefficient (Wildman–Crippen LogP) is 4.51. The Kier molecular flexibility index (Phi) is 7.10. The smallest absolute Gasteiger partial charge is 0.119 e. The van der Waals surface area contributed by atoms with E-state index >= 15 is 0 Å². The van der Waals surface area contributed by atoms with Crippen molar-refractivity contribution in [2.45, 2.75) is 39.2 Å². The van der Waals surface area contributed by atoms with E-state index < -0.39 is 6.10 Å². The van der Waals surface area contributed by atoms with Crippen LogP contribution in [-0.2, 0) is 5.41 Å². The first-order chi connectivity index (χ1) is 13.7. The second kappa shape index (κ2) is 9.38. The molecular formula is C24H33ClN2O2. The Balaban J connectivity index is 1.44. The Morgan fingerprint density at radius 2 is 1.69 bits per heavy atom. The Bertz CT molecular complexity index is 794. The number of hydrogen-bond acceptors (Lipinski definition) is 4. The molecule has 0 amide bonds. The molecular weight excluding hydrogens is 384 g/mol. The van der Waals surface area contributed by atoms with Gasteiger partial charge in [-0.1, -0.05) is 50.6 Å². The molecule has 1 aliphatic heterocycles. The highest BCUT2D eigenvalue weighted by Crippen LogP contribution is 2.26. The zero-order valence-electron chi connectivity index (χ0n) is 18.0. The zero-order chi connectivity index (χ0) is 21.0. The number of rotatable bonds is 6. The Labute approximate surface area is 180 Å². The van der Waals surface area contributed by atoms with Gasteiger partial charge in [-0.15, -0.1) is 0 Å². The summed E-state index contributed by atoms with van der Waals surface area (Å²) in [6, 6.07) is 14.2. The summed E-state index contributed by atoms with van der Waals surface area (Å²) in [5.74, 6) is 0.804. The van der Waals surface area contributed by atoms with Gasteiger partial charge in [0.05, 0.1) is 0 Å². The molecule has 3 rings (SSSR count). The predicted molar refractivity (Wildman–Crippen MR) is 121 cm³/mol. The molecule has 0 aromatic heterocycles. The number of ether oxygens (including phenoxy) is 1. The lowest BCUT2D eigenvalue weighted by atomic mass is 9.87. The van der Waals surface area contributed by atoms with E-state index in [-0.39, 0.29) is 5.41 Å². The van der Waals surface area contributed by atoms with Crippen molar-refractivity contribution in [3.05, 3.63) is 58.6 Å². The van der Waals surface area contributed by atoms with Gasteiger partial charge in [0.1, 0.15) is 18.5 Å². The first-order valence-electron chi connectivity index (χ1n) is 10.4. The van der Waals surface area contributed by atoms with Crippen LogP contribution in [0.3, 0.4) is 0 Å². The summed E-state index contributed by atoms with van der Waals surface area (Å²) in [5.41, 5.74) is 3.86. The molecule has 0 aliphatic carbocycles. The van der Waals surface area contributed by atoms with Crippen LogP contribution < -0.4 is 9.64 Å². The lowest BCUT2D eigenvalue weighted by molar-refractivity contribution is 0.0663. The topological polar surface area (TPSA) is 35.9 Å². The average Bonchev–Trinajstić information content (AvgIpc) is 2.68. The number of anilines is 1. The van der Waals surface area contributed by atoms with Gasteiger partial charge in [0.15, 0.2) is 0 Å². The maximum atomic E-state index is 10.4. The maximum absolute atomic E-state index is 10.4. The fourth-order valence-electron chi connectivity index (χ4n) is 3.69. The molecule has 4 nitrogen and oxygen atoms in total. The van der Waals surface area contributed by atoms with Crippen LogP contribution in [0.25, 0.3) is 0 Å². The maximum Gasteiger partial charge on any atom is 0.119 e. The normalized spacial score (nSPS) is 16.7. The summed E-state index contributed by atoms with van der Waals surface area (Å²) in [5, 5.41) is 11.2. The molecule has 1 saturated heterocycles.